The van der Waals surface area contributed by atoms with Crippen LogP contribution in [0.2, 0.25) is 0 Å². The van der Waals surface area contributed by atoms with Gasteiger partial charge >= 0.3 is 5.69 Å². The lowest BCUT2D eigenvalue weighted by molar-refractivity contribution is -0.386. The van der Waals surface area contributed by atoms with E-state index in [2.05, 4.69) is 4.98 Å². The van der Waals surface area contributed by atoms with Crippen LogP contribution in [-0.4, -0.2) is 29.2 Å². The van der Waals surface area contributed by atoms with Gasteiger partial charge in [0.2, 0.25) is 0 Å². The summed E-state index contributed by atoms with van der Waals surface area (Å²) in [6.45, 7) is 1.05. The van der Waals surface area contributed by atoms with E-state index in [0.717, 1.165) is 19.4 Å². The molecular weight excluding hydrogens is 212 g/mol. The highest BCUT2D eigenvalue weighted by Gasteiger charge is 2.20. The van der Waals surface area contributed by atoms with Gasteiger partial charge in [-0.2, -0.15) is 0 Å². The number of ether oxygens (including phenoxy) is 2. The molecule has 1 atom stereocenters. The number of hydrogen-bond acceptors (Lipinski definition) is 5. The van der Waals surface area contributed by atoms with Crippen LogP contribution in [0.3, 0.4) is 0 Å². The van der Waals surface area contributed by atoms with Crippen LogP contribution in [0.25, 0.3) is 0 Å². The number of rotatable bonds is 4. The molecule has 1 aromatic heterocycles. The van der Waals surface area contributed by atoms with Crippen molar-refractivity contribution in [1.82, 2.24) is 4.98 Å². The minimum absolute atomic E-state index is 0.0293. The predicted molar refractivity (Wildman–Crippen MR) is 55.4 cm³/mol. The molecule has 0 spiro atoms. The second-order valence-corrected chi connectivity index (χ2v) is 3.53. The maximum absolute atomic E-state index is 10.7. The standard InChI is InChI=1S/C10H12N2O4/c13-12(14)9-4-1-5-11-10(9)16-7-8-3-2-6-15-8/h1,4-5,8H,2-3,6-7H2. The molecule has 0 N–H and O–H groups in total. The molecule has 1 unspecified atom stereocenters. The summed E-state index contributed by atoms with van der Waals surface area (Å²) in [5, 5.41) is 10.7. The molecule has 1 fully saturated rings. The molecule has 2 heterocycles. The van der Waals surface area contributed by atoms with Gasteiger partial charge in [-0.1, -0.05) is 0 Å². The fourth-order valence-electron chi connectivity index (χ4n) is 1.58. The zero-order valence-electron chi connectivity index (χ0n) is 8.67. The van der Waals surface area contributed by atoms with Crippen LogP contribution in [0, 0.1) is 10.1 Å². The summed E-state index contributed by atoms with van der Waals surface area (Å²) in [5.41, 5.74) is -0.111. The summed E-state index contributed by atoms with van der Waals surface area (Å²) in [6, 6.07) is 2.88. The monoisotopic (exact) mass is 224 g/mol. The van der Waals surface area contributed by atoms with Gasteiger partial charge in [0, 0.05) is 18.9 Å². The average molecular weight is 224 g/mol. The Labute approximate surface area is 92.3 Å². The lowest BCUT2D eigenvalue weighted by Gasteiger charge is -2.10. The third kappa shape index (κ3) is 2.46. The number of nitro groups is 1. The third-order valence-electron chi connectivity index (χ3n) is 2.38. The SMILES string of the molecule is O=[N+]([O-])c1cccnc1OCC1CCCO1. The molecule has 0 bridgehead atoms. The number of aromatic nitrogens is 1. The summed E-state index contributed by atoms with van der Waals surface area (Å²) in [6.07, 6.45) is 3.44. The minimum Gasteiger partial charge on any atom is -0.470 e. The summed E-state index contributed by atoms with van der Waals surface area (Å²) in [5.74, 6) is 0.0583. The van der Waals surface area contributed by atoms with Gasteiger partial charge in [0.1, 0.15) is 6.61 Å². The van der Waals surface area contributed by atoms with Crippen molar-refractivity contribution >= 4 is 5.69 Å². The number of pyridine rings is 1. The summed E-state index contributed by atoms with van der Waals surface area (Å²) in [4.78, 5) is 14.0. The van der Waals surface area contributed by atoms with Crippen molar-refractivity contribution < 1.29 is 14.4 Å². The molecule has 0 amide bonds. The van der Waals surface area contributed by atoms with Crippen molar-refractivity contribution in [2.24, 2.45) is 0 Å². The zero-order valence-corrected chi connectivity index (χ0v) is 8.67. The Balaban J connectivity index is 2.00. The molecule has 0 aliphatic carbocycles. The van der Waals surface area contributed by atoms with Gasteiger partial charge in [-0.25, -0.2) is 4.98 Å². The van der Waals surface area contributed by atoms with E-state index < -0.39 is 4.92 Å². The maximum atomic E-state index is 10.7. The van der Waals surface area contributed by atoms with Crippen molar-refractivity contribution in [3.8, 4) is 5.88 Å². The maximum Gasteiger partial charge on any atom is 0.330 e. The molecule has 1 aliphatic rings. The lowest BCUT2D eigenvalue weighted by Crippen LogP contribution is -2.17. The molecule has 6 heteroatoms. The Morgan fingerprint density at radius 1 is 1.69 bits per heavy atom. The highest BCUT2D eigenvalue weighted by molar-refractivity contribution is 5.39. The molecule has 16 heavy (non-hydrogen) atoms. The number of nitrogens with zero attached hydrogens (tertiary/aromatic N) is 2. The van der Waals surface area contributed by atoms with E-state index in [9.17, 15) is 10.1 Å². The van der Waals surface area contributed by atoms with Gasteiger partial charge in [-0.05, 0) is 18.9 Å². The Hall–Kier alpha value is -1.69. The van der Waals surface area contributed by atoms with E-state index in [1.807, 2.05) is 0 Å². The second-order valence-electron chi connectivity index (χ2n) is 3.53. The Morgan fingerprint density at radius 2 is 2.56 bits per heavy atom. The molecule has 1 aromatic rings. The van der Waals surface area contributed by atoms with E-state index in [-0.39, 0.29) is 17.7 Å². The molecule has 0 saturated carbocycles. The first kappa shape index (κ1) is 10.8. The first-order valence-corrected chi connectivity index (χ1v) is 5.11. The van der Waals surface area contributed by atoms with Gasteiger partial charge in [0.05, 0.1) is 11.0 Å². The van der Waals surface area contributed by atoms with Gasteiger partial charge in [0.25, 0.3) is 5.88 Å². The highest BCUT2D eigenvalue weighted by atomic mass is 16.6. The Kier molecular flexibility index (Phi) is 3.31. The molecular formula is C10H12N2O4. The van der Waals surface area contributed by atoms with Gasteiger partial charge < -0.3 is 9.47 Å². The topological polar surface area (TPSA) is 74.5 Å². The van der Waals surface area contributed by atoms with Crippen LogP contribution in [0.1, 0.15) is 12.8 Å². The molecule has 6 nitrogen and oxygen atoms in total. The van der Waals surface area contributed by atoms with Crippen molar-refractivity contribution in [3.05, 3.63) is 28.4 Å². The quantitative estimate of drug-likeness (QED) is 0.573. The Morgan fingerprint density at radius 3 is 3.25 bits per heavy atom. The minimum atomic E-state index is -0.502. The highest BCUT2D eigenvalue weighted by Crippen LogP contribution is 2.23. The molecule has 0 aromatic carbocycles. The van der Waals surface area contributed by atoms with Gasteiger partial charge in [-0.15, -0.1) is 0 Å². The smallest absolute Gasteiger partial charge is 0.330 e. The fourth-order valence-corrected chi connectivity index (χ4v) is 1.58. The van der Waals surface area contributed by atoms with Crippen LogP contribution in [0.15, 0.2) is 18.3 Å². The van der Waals surface area contributed by atoms with Crippen LogP contribution in [0.5, 0.6) is 5.88 Å². The molecule has 1 aliphatic heterocycles. The molecule has 1 saturated heterocycles. The van der Waals surface area contributed by atoms with E-state index in [4.69, 9.17) is 9.47 Å². The van der Waals surface area contributed by atoms with Crippen molar-refractivity contribution in [2.45, 2.75) is 18.9 Å². The van der Waals surface area contributed by atoms with Crippen molar-refractivity contribution in [1.29, 1.82) is 0 Å². The van der Waals surface area contributed by atoms with Gasteiger partial charge in [0.15, 0.2) is 0 Å². The average Bonchev–Trinajstić information content (AvgIpc) is 2.79. The van der Waals surface area contributed by atoms with E-state index in [1.54, 1.807) is 0 Å². The van der Waals surface area contributed by atoms with Crippen LogP contribution < -0.4 is 4.74 Å². The fraction of sp³-hybridized carbons (Fsp3) is 0.500. The normalized spacial score (nSPS) is 19.6. The largest absolute Gasteiger partial charge is 0.470 e. The Bertz CT molecular complexity index is 377. The van der Waals surface area contributed by atoms with E-state index in [1.165, 1.54) is 18.3 Å². The molecule has 86 valence electrons. The van der Waals surface area contributed by atoms with E-state index >= 15 is 0 Å². The summed E-state index contributed by atoms with van der Waals surface area (Å²) >= 11 is 0. The molecule has 2 rings (SSSR count). The van der Waals surface area contributed by atoms with Gasteiger partial charge in [-0.3, -0.25) is 10.1 Å². The lowest BCUT2D eigenvalue weighted by atomic mass is 10.2. The third-order valence-corrected chi connectivity index (χ3v) is 2.38. The zero-order chi connectivity index (χ0) is 11.4. The predicted octanol–water partition coefficient (Wildman–Crippen LogP) is 1.55. The first-order valence-electron chi connectivity index (χ1n) is 5.11. The van der Waals surface area contributed by atoms with Crippen molar-refractivity contribution in [2.75, 3.05) is 13.2 Å². The van der Waals surface area contributed by atoms with Crippen LogP contribution in [-0.2, 0) is 4.74 Å². The van der Waals surface area contributed by atoms with E-state index in [0.29, 0.717) is 6.61 Å². The van der Waals surface area contributed by atoms with Crippen LogP contribution in [0.4, 0.5) is 5.69 Å². The van der Waals surface area contributed by atoms with Crippen molar-refractivity contribution in [3.63, 3.8) is 0 Å². The molecule has 0 radical (unpaired) electrons. The van der Waals surface area contributed by atoms with Crippen LogP contribution >= 0.6 is 0 Å². The summed E-state index contributed by atoms with van der Waals surface area (Å²) < 4.78 is 10.7. The number of hydrogen-bond donors (Lipinski definition) is 0. The first-order chi connectivity index (χ1) is 7.77. The summed E-state index contributed by atoms with van der Waals surface area (Å²) in [7, 11) is 0. The second kappa shape index (κ2) is 4.89.